The highest BCUT2D eigenvalue weighted by atomic mass is 16.3. The molecule has 0 saturated heterocycles. The van der Waals surface area contributed by atoms with Crippen molar-refractivity contribution in [3.63, 3.8) is 0 Å². The van der Waals surface area contributed by atoms with Crippen molar-refractivity contribution in [2.45, 2.75) is 26.3 Å². The Bertz CT molecular complexity index is 655. The highest BCUT2D eigenvalue weighted by molar-refractivity contribution is 6.06. The first kappa shape index (κ1) is 13.3. The zero-order valence-corrected chi connectivity index (χ0v) is 10.7. The number of nitrogens with zero attached hydrogens (tertiary/aromatic N) is 1. The van der Waals surface area contributed by atoms with Gasteiger partial charge in [0.15, 0.2) is 0 Å². The fourth-order valence-electron chi connectivity index (χ4n) is 1.86. The Morgan fingerprint density at radius 3 is 3.00 bits per heavy atom. The monoisotopic (exact) mass is 265 g/mol. The van der Waals surface area contributed by atoms with Gasteiger partial charge in [0.1, 0.15) is 11.1 Å². The quantitative estimate of drug-likeness (QED) is 0.738. The molecule has 7 nitrogen and oxygen atoms in total. The van der Waals surface area contributed by atoms with E-state index in [1.54, 1.807) is 6.92 Å². The van der Waals surface area contributed by atoms with Crippen LogP contribution in [0.25, 0.3) is 11.1 Å². The molecule has 19 heavy (non-hydrogen) atoms. The first-order valence-electron chi connectivity index (χ1n) is 5.97. The molecule has 0 unspecified atom stereocenters. The first-order chi connectivity index (χ1) is 9.08. The van der Waals surface area contributed by atoms with E-state index in [0.717, 1.165) is 0 Å². The van der Waals surface area contributed by atoms with E-state index in [1.165, 1.54) is 6.33 Å². The molecule has 2 aromatic rings. The van der Waals surface area contributed by atoms with E-state index in [0.29, 0.717) is 12.2 Å². The SMILES string of the molecule is CC[C@@H](CO)NC(=O)c1c(C)oc2nc[nH]c(=O)c12. The van der Waals surface area contributed by atoms with E-state index in [1.807, 2.05) is 6.92 Å². The zero-order chi connectivity index (χ0) is 14.0. The summed E-state index contributed by atoms with van der Waals surface area (Å²) in [6.45, 7) is 3.28. The summed E-state index contributed by atoms with van der Waals surface area (Å²) in [5.41, 5.74) is -0.135. The number of carbonyl (C=O) groups excluding carboxylic acids is 1. The van der Waals surface area contributed by atoms with Crippen LogP contribution in [0.1, 0.15) is 29.5 Å². The van der Waals surface area contributed by atoms with Crippen molar-refractivity contribution < 1.29 is 14.3 Å². The molecule has 0 aliphatic heterocycles. The Balaban J connectivity index is 2.47. The van der Waals surface area contributed by atoms with Crippen LogP contribution in [0.15, 0.2) is 15.5 Å². The van der Waals surface area contributed by atoms with Crippen molar-refractivity contribution in [1.29, 1.82) is 0 Å². The molecule has 1 atom stereocenters. The van der Waals surface area contributed by atoms with Gasteiger partial charge in [-0.15, -0.1) is 0 Å². The Morgan fingerprint density at radius 1 is 1.63 bits per heavy atom. The molecule has 0 radical (unpaired) electrons. The summed E-state index contributed by atoms with van der Waals surface area (Å²) in [5, 5.41) is 11.9. The second-order valence-electron chi connectivity index (χ2n) is 4.21. The van der Waals surface area contributed by atoms with Gasteiger partial charge in [0.05, 0.1) is 24.5 Å². The highest BCUT2D eigenvalue weighted by Gasteiger charge is 2.22. The summed E-state index contributed by atoms with van der Waals surface area (Å²) >= 11 is 0. The number of carbonyl (C=O) groups is 1. The number of fused-ring (bicyclic) bond motifs is 1. The lowest BCUT2D eigenvalue weighted by Crippen LogP contribution is -2.37. The molecule has 0 aliphatic rings. The summed E-state index contributed by atoms with van der Waals surface area (Å²) < 4.78 is 5.30. The van der Waals surface area contributed by atoms with Crippen LogP contribution in [-0.2, 0) is 0 Å². The van der Waals surface area contributed by atoms with Crippen LogP contribution in [0, 0.1) is 6.92 Å². The number of H-pyrrole nitrogens is 1. The van der Waals surface area contributed by atoms with Gasteiger partial charge in [-0.2, -0.15) is 0 Å². The number of amides is 1. The van der Waals surface area contributed by atoms with Gasteiger partial charge in [0, 0.05) is 0 Å². The maximum atomic E-state index is 12.2. The van der Waals surface area contributed by atoms with Crippen LogP contribution in [0.2, 0.25) is 0 Å². The topological polar surface area (TPSA) is 108 Å². The second kappa shape index (κ2) is 5.23. The normalized spacial score (nSPS) is 12.6. The van der Waals surface area contributed by atoms with E-state index in [9.17, 15) is 9.59 Å². The molecule has 0 aromatic carbocycles. The number of furan rings is 1. The lowest BCUT2D eigenvalue weighted by atomic mass is 10.1. The molecule has 0 aliphatic carbocycles. The fraction of sp³-hybridized carbons (Fsp3) is 0.417. The number of aryl methyl sites for hydroxylation is 1. The Hall–Kier alpha value is -2.15. The Labute approximate surface area is 108 Å². The van der Waals surface area contributed by atoms with Gasteiger partial charge in [0.25, 0.3) is 11.5 Å². The van der Waals surface area contributed by atoms with Crippen molar-refractivity contribution in [2.75, 3.05) is 6.61 Å². The maximum Gasteiger partial charge on any atom is 0.262 e. The van der Waals surface area contributed by atoms with Crippen LogP contribution in [0.4, 0.5) is 0 Å². The van der Waals surface area contributed by atoms with Gasteiger partial charge in [0.2, 0.25) is 5.71 Å². The lowest BCUT2D eigenvalue weighted by Gasteiger charge is -2.13. The van der Waals surface area contributed by atoms with Crippen molar-refractivity contribution in [1.82, 2.24) is 15.3 Å². The molecule has 0 bridgehead atoms. The number of nitrogens with one attached hydrogen (secondary N) is 2. The predicted molar refractivity (Wildman–Crippen MR) is 68.0 cm³/mol. The molecule has 3 N–H and O–H groups in total. The standard InChI is InChI=1S/C12H15N3O4/c1-3-7(4-16)15-11(18)8-6(2)19-12-9(8)10(17)13-5-14-12/h5,7,16H,3-4H2,1-2H3,(H,15,18)(H,13,14,17)/t7-/m0/s1. The molecule has 0 saturated carbocycles. The summed E-state index contributed by atoms with van der Waals surface area (Å²) in [6.07, 6.45) is 1.81. The summed E-state index contributed by atoms with van der Waals surface area (Å²) in [6, 6.07) is -0.354. The number of hydrogen-bond donors (Lipinski definition) is 3. The largest absolute Gasteiger partial charge is 0.442 e. The molecular formula is C12H15N3O4. The first-order valence-corrected chi connectivity index (χ1v) is 5.97. The molecule has 102 valence electrons. The lowest BCUT2D eigenvalue weighted by molar-refractivity contribution is 0.0915. The van der Waals surface area contributed by atoms with Crippen LogP contribution in [0.3, 0.4) is 0 Å². The number of rotatable bonds is 4. The molecule has 2 aromatic heterocycles. The summed E-state index contributed by atoms with van der Waals surface area (Å²) in [5.74, 6) is -0.125. The number of aliphatic hydroxyl groups is 1. The van der Waals surface area contributed by atoms with Crippen molar-refractivity contribution in [3.05, 3.63) is 28.0 Å². The van der Waals surface area contributed by atoms with Crippen LogP contribution >= 0.6 is 0 Å². The van der Waals surface area contributed by atoms with Gasteiger partial charge in [-0.05, 0) is 13.3 Å². The summed E-state index contributed by atoms with van der Waals surface area (Å²) in [7, 11) is 0. The van der Waals surface area contributed by atoms with Crippen LogP contribution in [-0.4, -0.2) is 33.6 Å². The maximum absolute atomic E-state index is 12.2. The van der Waals surface area contributed by atoms with Crippen molar-refractivity contribution in [3.8, 4) is 0 Å². The van der Waals surface area contributed by atoms with E-state index < -0.39 is 11.5 Å². The van der Waals surface area contributed by atoms with Gasteiger partial charge >= 0.3 is 0 Å². The summed E-state index contributed by atoms with van der Waals surface area (Å²) in [4.78, 5) is 30.2. The molecule has 0 fully saturated rings. The van der Waals surface area contributed by atoms with Gasteiger partial charge in [-0.25, -0.2) is 4.98 Å². The van der Waals surface area contributed by atoms with Crippen molar-refractivity contribution >= 4 is 17.0 Å². The van der Waals surface area contributed by atoms with E-state index in [4.69, 9.17) is 9.52 Å². The second-order valence-corrected chi connectivity index (χ2v) is 4.21. The minimum Gasteiger partial charge on any atom is -0.442 e. The van der Waals surface area contributed by atoms with Crippen LogP contribution in [0.5, 0.6) is 0 Å². The smallest absolute Gasteiger partial charge is 0.262 e. The third kappa shape index (κ3) is 2.37. The highest BCUT2D eigenvalue weighted by Crippen LogP contribution is 2.20. The van der Waals surface area contributed by atoms with Crippen LogP contribution < -0.4 is 10.9 Å². The zero-order valence-electron chi connectivity index (χ0n) is 10.7. The molecule has 2 rings (SSSR count). The van der Waals surface area contributed by atoms with E-state index in [-0.39, 0.29) is 29.3 Å². The fourth-order valence-corrected chi connectivity index (χ4v) is 1.86. The molecule has 2 heterocycles. The van der Waals surface area contributed by atoms with Gasteiger partial charge in [-0.1, -0.05) is 6.92 Å². The number of aromatic nitrogens is 2. The minimum absolute atomic E-state index is 0.128. The van der Waals surface area contributed by atoms with Crippen molar-refractivity contribution in [2.24, 2.45) is 0 Å². The number of hydrogen-bond acceptors (Lipinski definition) is 5. The molecular weight excluding hydrogens is 250 g/mol. The molecule has 7 heteroatoms. The Morgan fingerprint density at radius 2 is 2.37 bits per heavy atom. The average molecular weight is 265 g/mol. The van der Waals surface area contributed by atoms with E-state index in [2.05, 4.69) is 15.3 Å². The van der Waals surface area contributed by atoms with E-state index >= 15 is 0 Å². The third-order valence-electron chi connectivity index (χ3n) is 2.95. The Kier molecular flexibility index (Phi) is 3.66. The third-order valence-corrected chi connectivity index (χ3v) is 2.95. The average Bonchev–Trinajstić information content (AvgIpc) is 2.73. The predicted octanol–water partition coefficient (Wildman–Crippen LogP) is 0.325. The van der Waals surface area contributed by atoms with Gasteiger partial charge in [-0.3, -0.25) is 9.59 Å². The molecule has 1 amide bonds. The minimum atomic E-state index is -0.448. The van der Waals surface area contributed by atoms with Gasteiger partial charge < -0.3 is 19.8 Å². The number of aromatic amines is 1. The number of aliphatic hydroxyl groups excluding tert-OH is 1. The molecule has 0 spiro atoms.